The highest BCUT2D eigenvalue weighted by molar-refractivity contribution is 9.10. The van der Waals surface area contributed by atoms with Gasteiger partial charge in [-0.2, -0.15) is 4.98 Å². The normalized spacial score (nSPS) is 10.8. The fourth-order valence-corrected chi connectivity index (χ4v) is 2.85. The molecule has 6 heteroatoms. The molecule has 0 radical (unpaired) electrons. The number of aromatic nitrogens is 3. The van der Waals surface area contributed by atoms with Crippen LogP contribution in [-0.2, 0) is 0 Å². The van der Waals surface area contributed by atoms with Gasteiger partial charge in [0.05, 0.1) is 15.4 Å². The zero-order valence-corrected chi connectivity index (χ0v) is 14.4. The van der Waals surface area contributed by atoms with E-state index in [1.165, 1.54) is 12.1 Å². The van der Waals surface area contributed by atoms with E-state index in [1.807, 2.05) is 36.4 Å². The van der Waals surface area contributed by atoms with Gasteiger partial charge in [-0.25, -0.2) is 9.37 Å². The highest BCUT2D eigenvalue weighted by Crippen LogP contribution is 2.33. The number of halogens is 2. The van der Waals surface area contributed by atoms with E-state index >= 15 is 0 Å². The number of hydrogen-bond donors (Lipinski definition) is 0. The summed E-state index contributed by atoms with van der Waals surface area (Å²) in [6, 6.07) is 15.5. The third-order valence-corrected chi connectivity index (χ3v) is 4.23. The minimum atomic E-state index is -0.343. The van der Waals surface area contributed by atoms with Gasteiger partial charge in [0.1, 0.15) is 11.6 Å². The smallest absolute Gasteiger partial charge is 0.230 e. The SMILES string of the molecule is Fc1ccc(Oc2nc(-c3ccncc3)nc3ccccc23)c(Br)c1. The monoisotopic (exact) mass is 395 g/mol. The summed E-state index contributed by atoms with van der Waals surface area (Å²) in [7, 11) is 0. The van der Waals surface area contributed by atoms with Gasteiger partial charge in [0.2, 0.25) is 5.88 Å². The Morgan fingerprint density at radius 2 is 1.72 bits per heavy atom. The van der Waals surface area contributed by atoms with Crippen molar-refractivity contribution in [2.45, 2.75) is 0 Å². The molecule has 0 atom stereocenters. The lowest BCUT2D eigenvalue weighted by molar-refractivity contribution is 0.464. The third-order valence-electron chi connectivity index (χ3n) is 3.61. The van der Waals surface area contributed by atoms with Crippen molar-refractivity contribution in [1.29, 1.82) is 0 Å². The van der Waals surface area contributed by atoms with E-state index in [2.05, 4.69) is 30.9 Å². The predicted molar refractivity (Wildman–Crippen MR) is 96.9 cm³/mol. The number of ether oxygens (including phenoxy) is 1. The summed E-state index contributed by atoms with van der Waals surface area (Å²) in [6.07, 6.45) is 3.37. The molecule has 122 valence electrons. The van der Waals surface area contributed by atoms with E-state index in [1.54, 1.807) is 18.5 Å². The molecule has 25 heavy (non-hydrogen) atoms. The van der Waals surface area contributed by atoms with Crippen molar-refractivity contribution in [3.8, 4) is 23.0 Å². The maximum absolute atomic E-state index is 13.3. The molecule has 4 rings (SSSR count). The van der Waals surface area contributed by atoms with Gasteiger partial charge < -0.3 is 4.74 Å². The van der Waals surface area contributed by atoms with Crippen LogP contribution in [0.3, 0.4) is 0 Å². The number of nitrogens with zero attached hydrogens (tertiary/aromatic N) is 3. The maximum Gasteiger partial charge on any atom is 0.230 e. The summed E-state index contributed by atoms with van der Waals surface area (Å²) < 4.78 is 19.8. The first-order chi connectivity index (χ1) is 12.2. The van der Waals surface area contributed by atoms with E-state index in [9.17, 15) is 4.39 Å². The van der Waals surface area contributed by atoms with E-state index in [0.29, 0.717) is 21.9 Å². The van der Waals surface area contributed by atoms with E-state index in [0.717, 1.165) is 16.5 Å². The van der Waals surface area contributed by atoms with Crippen LogP contribution in [0.4, 0.5) is 4.39 Å². The summed E-state index contributed by atoms with van der Waals surface area (Å²) in [4.78, 5) is 13.2. The molecule has 0 bridgehead atoms. The van der Waals surface area contributed by atoms with Crippen molar-refractivity contribution >= 4 is 26.8 Å². The molecule has 0 amide bonds. The quantitative estimate of drug-likeness (QED) is 0.466. The summed E-state index contributed by atoms with van der Waals surface area (Å²) in [5.41, 5.74) is 1.60. The Morgan fingerprint density at radius 1 is 0.920 bits per heavy atom. The molecular weight excluding hydrogens is 385 g/mol. The summed E-state index contributed by atoms with van der Waals surface area (Å²) in [5, 5.41) is 0.775. The topological polar surface area (TPSA) is 47.9 Å². The van der Waals surface area contributed by atoms with Gasteiger partial charge in [-0.3, -0.25) is 4.98 Å². The molecule has 0 aliphatic carbocycles. The van der Waals surface area contributed by atoms with Crippen molar-refractivity contribution in [3.63, 3.8) is 0 Å². The molecule has 0 saturated carbocycles. The number of rotatable bonds is 3. The average molecular weight is 396 g/mol. The summed E-state index contributed by atoms with van der Waals surface area (Å²) in [5.74, 6) is 1.08. The zero-order valence-electron chi connectivity index (χ0n) is 12.9. The number of benzene rings is 2. The van der Waals surface area contributed by atoms with Crippen LogP contribution in [0.2, 0.25) is 0 Å². The van der Waals surface area contributed by atoms with Crippen LogP contribution in [-0.4, -0.2) is 15.0 Å². The molecule has 0 aliphatic rings. The molecule has 0 unspecified atom stereocenters. The van der Waals surface area contributed by atoms with Gasteiger partial charge in [0.15, 0.2) is 5.82 Å². The number of hydrogen-bond acceptors (Lipinski definition) is 4. The Labute approximate surface area is 151 Å². The average Bonchev–Trinajstić information content (AvgIpc) is 2.64. The highest BCUT2D eigenvalue weighted by atomic mass is 79.9. The second kappa shape index (κ2) is 6.57. The molecule has 0 fully saturated rings. The molecule has 2 aromatic heterocycles. The minimum Gasteiger partial charge on any atom is -0.437 e. The van der Waals surface area contributed by atoms with Crippen LogP contribution in [0, 0.1) is 5.82 Å². The fraction of sp³-hybridized carbons (Fsp3) is 0. The number of para-hydroxylation sites is 1. The van der Waals surface area contributed by atoms with Crippen molar-refractivity contribution in [3.05, 3.63) is 77.3 Å². The molecule has 2 aromatic carbocycles. The number of pyridine rings is 1. The van der Waals surface area contributed by atoms with Crippen molar-refractivity contribution in [2.75, 3.05) is 0 Å². The maximum atomic E-state index is 13.3. The molecule has 0 spiro atoms. The van der Waals surface area contributed by atoms with Crippen LogP contribution in [0.5, 0.6) is 11.6 Å². The van der Waals surface area contributed by atoms with Crippen molar-refractivity contribution in [1.82, 2.24) is 15.0 Å². The second-order valence-corrected chi connectivity index (χ2v) is 6.14. The Kier molecular flexibility index (Phi) is 4.11. The molecule has 0 aliphatic heterocycles. The minimum absolute atomic E-state index is 0.343. The van der Waals surface area contributed by atoms with Crippen LogP contribution < -0.4 is 4.74 Å². The van der Waals surface area contributed by atoms with Crippen LogP contribution >= 0.6 is 15.9 Å². The standard InChI is InChI=1S/C19H11BrFN3O/c20-15-11-13(21)5-6-17(15)25-19-14-3-1-2-4-16(14)23-18(24-19)12-7-9-22-10-8-12/h1-11H. The Bertz CT molecular complexity index is 1060. The zero-order chi connectivity index (χ0) is 17.2. The molecule has 4 aromatic rings. The predicted octanol–water partition coefficient (Wildman–Crippen LogP) is 5.39. The van der Waals surface area contributed by atoms with E-state index in [4.69, 9.17) is 4.74 Å². The Balaban J connectivity index is 1.86. The molecule has 2 heterocycles. The summed E-state index contributed by atoms with van der Waals surface area (Å²) >= 11 is 3.32. The van der Waals surface area contributed by atoms with E-state index in [-0.39, 0.29) is 5.82 Å². The largest absolute Gasteiger partial charge is 0.437 e. The first-order valence-electron chi connectivity index (χ1n) is 7.51. The Morgan fingerprint density at radius 3 is 2.52 bits per heavy atom. The Hall–Kier alpha value is -2.86. The molecule has 0 saturated heterocycles. The van der Waals surface area contributed by atoms with Gasteiger partial charge in [-0.05, 0) is 58.4 Å². The molecular formula is C19H11BrFN3O. The van der Waals surface area contributed by atoms with Gasteiger partial charge >= 0.3 is 0 Å². The fourth-order valence-electron chi connectivity index (χ4n) is 2.42. The van der Waals surface area contributed by atoms with Gasteiger partial charge in [-0.1, -0.05) is 12.1 Å². The third kappa shape index (κ3) is 3.21. The first kappa shape index (κ1) is 15.7. The van der Waals surface area contributed by atoms with Gasteiger partial charge in [0.25, 0.3) is 0 Å². The van der Waals surface area contributed by atoms with Gasteiger partial charge in [0, 0.05) is 18.0 Å². The van der Waals surface area contributed by atoms with Crippen molar-refractivity contribution < 1.29 is 9.13 Å². The van der Waals surface area contributed by atoms with Crippen LogP contribution in [0.15, 0.2) is 71.5 Å². The lowest BCUT2D eigenvalue weighted by Gasteiger charge is -2.11. The van der Waals surface area contributed by atoms with Crippen LogP contribution in [0.1, 0.15) is 0 Å². The van der Waals surface area contributed by atoms with Crippen LogP contribution in [0.25, 0.3) is 22.3 Å². The number of fused-ring (bicyclic) bond motifs is 1. The molecule has 4 nitrogen and oxygen atoms in total. The van der Waals surface area contributed by atoms with Gasteiger partial charge in [-0.15, -0.1) is 0 Å². The molecule has 0 N–H and O–H groups in total. The highest BCUT2D eigenvalue weighted by Gasteiger charge is 2.13. The lowest BCUT2D eigenvalue weighted by Crippen LogP contribution is -1.96. The second-order valence-electron chi connectivity index (χ2n) is 5.28. The van der Waals surface area contributed by atoms with E-state index < -0.39 is 0 Å². The van der Waals surface area contributed by atoms with Crippen molar-refractivity contribution in [2.24, 2.45) is 0 Å². The first-order valence-corrected chi connectivity index (χ1v) is 8.30. The lowest BCUT2D eigenvalue weighted by atomic mass is 10.2. The summed E-state index contributed by atoms with van der Waals surface area (Å²) in [6.45, 7) is 0.